The molecule has 5 nitrogen and oxygen atoms in total. The van der Waals surface area contributed by atoms with Crippen molar-refractivity contribution in [1.82, 2.24) is 5.32 Å². The summed E-state index contributed by atoms with van der Waals surface area (Å²) in [5, 5.41) is 3.03. The number of nitrogens with one attached hydrogen (secondary N) is 1. The fourth-order valence-electron chi connectivity index (χ4n) is 2.50. The van der Waals surface area contributed by atoms with Gasteiger partial charge in [-0.25, -0.2) is 0 Å². The van der Waals surface area contributed by atoms with Crippen molar-refractivity contribution in [3.8, 4) is 0 Å². The molecule has 1 saturated carbocycles. The normalized spacial score (nSPS) is 38.9. The van der Waals surface area contributed by atoms with Crippen molar-refractivity contribution in [2.24, 2.45) is 11.7 Å². The molecule has 5 heteroatoms. The molecule has 1 heterocycles. The van der Waals surface area contributed by atoms with Crippen LogP contribution in [-0.2, 0) is 14.3 Å². The molecular formula is C11H20N2O3. The molecule has 2 rings (SSSR count). The molecule has 4 unspecified atom stereocenters. The van der Waals surface area contributed by atoms with Gasteiger partial charge in [-0.15, -0.1) is 0 Å². The van der Waals surface area contributed by atoms with Crippen LogP contribution in [0.4, 0.5) is 0 Å². The molecule has 0 aromatic rings. The number of rotatable bonds is 3. The molecular weight excluding hydrogens is 208 g/mol. The quantitative estimate of drug-likeness (QED) is 0.692. The Morgan fingerprint density at radius 3 is 2.88 bits per heavy atom. The van der Waals surface area contributed by atoms with Gasteiger partial charge in [-0.3, -0.25) is 4.79 Å². The first-order chi connectivity index (χ1) is 7.72. The average Bonchev–Trinajstić information content (AvgIpc) is 2.86. The van der Waals surface area contributed by atoms with Crippen LogP contribution in [0, 0.1) is 5.92 Å². The van der Waals surface area contributed by atoms with Crippen molar-refractivity contribution in [2.75, 3.05) is 20.3 Å². The number of carbonyl (C=O) groups excluding carboxylic acids is 1. The van der Waals surface area contributed by atoms with Gasteiger partial charge in [0.1, 0.15) is 0 Å². The van der Waals surface area contributed by atoms with E-state index < -0.39 is 0 Å². The van der Waals surface area contributed by atoms with Crippen LogP contribution >= 0.6 is 0 Å². The molecule has 0 aromatic heterocycles. The molecule has 2 aliphatic rings. The van der Waals surface area contributed by atoms with Crippen molar-refractivity contribution in [3.05, 3.63) is 0 Å². The number of ether oxygens (including phenoxy) is 2. The Kier molecular flexibility index (Phi) is 3.78. The Balaban J connectivity index is 1.86. The van der Waals surface area contributed by atoms with Crippen molar-refractivity contribution in [2.45, 2.75) is 37.5 Å². The molecule has 3 N–H and O–H groups in total. The number of hydrogen-bond donors (Lipinski definition) is 2. The van der Waals surface area contributed by atoms with Crippen LogP contribution in [0.3, 0.4) is 0 Å². The first kappa shape index (κ1) is 11.8. The Morgan fingerprint density at radius 1 is 1.44 bits per heavy atom. The van der Waals surface area contributed by atoms with Gasteiger partial charge >= 0.3 is 0 Å². The van der Waals surface area contributed by atoms with Crippen LogP contribution in [0.1, 0.15) is 19.3 Å². The SMILES string of the molecule is COC1CCCC1NC(=O)C1COCC1N. The van der Waals surface area contributed by atoms with Gasteiger partial charge in [0, 0.05) is 13.2 Å². The van der Waals surface area contributed by atoms with Gasteiger partial charge in [-0.1, -0.05) is 0 Å². The first-order valence-corrected chi connectivity index (χ1v) is 5.89. The van der Waals surface area contributed by atoms with Crippen LogP contribution in [0.25, 0.3) is 0 Å². The highest BCUT2D eigenvalue weighted by molar-refractivity contribution is 5.80. The number of hydrogen-bond acceptors (Lipinski definition) is 4. The first-order valence-electron chi connectivity index (χ1n) is 5.89. The molecule has 0 aromatic carbocycles. The molecule has 16 heavy (non-hydrogen) atoms. The van der Waals surface area contributed by atoms with Crippen molar-refractivity contribution in [1.29, 1.82) is 0 Å². The van der Waals surface area contributed by atoms with Gasteiger partial charge in [0.25, 0.3) is 0 Å². The monoisotopic (exact) mass is 228 g/mol. The van der Waals surface area contributed by atoms with E-state index in [1.807, 2.05) is 0 Å². The second-order valence-corrected chi connectivity index (χ2v) is 4.63. The lowest BCUT2D eigenvalue weighted by Crippen LogP contribution is -2.47. The minimum atomic E-state index is -0.196. The van der Waals surface area contributed by atoms with Crippen LogP contribution in [0.5, 0.6) is 0 Å². The zero-order valence-electron chi connectivity index (χ0n) is 9.65. The minimum absolute atomic E-state index is 0.0129. The summed E-state index contributed by atoms with van der Waals surface area (Å²) < 4.78 is 10.5. The lowest BCUT2D eigenvalue weighted by Gasteiger charge is -2.22. The van der Waals surface area contributed by atoms with Gasteiger partial charge in [-0.2, -0.15) is 0 Å². The summed E-state index contributed by atoms with van der Waals surface area (Å²) in [6.45, 7) is 0.924. The summed E-state index contributed by atoms with van der Waals surface area (Å²) in [5.74, 6) is -0.183. The molecule has 1 aliphatic carbocycles. The van der Waals surface area contributed by atoms with Gasteiger partial charge < -0.3 is 20.5 Å². The molecule has 1 amide bonds. The van der Waals surface area contributed by atoms with E-state index in [1.165, 1.54) is 0 Å². The number of carbonyl (C=O) groups is 1. The lowest BCUT2D eigenvalue weighted by molar-refractivity contribution is -0.126. The highest BCUT2D eigenvalue weighted by atomic mass is 16.5. The van der Waals surface area contributed by atoms with Gasteiger partial charge in [0.05, 0.1) is 31.3 Å². The highest BCUT2D eigenvalue weighted by Gasteiger charge is 2.35. The van der Waals surface area contributed by atoms with E-state index in [1.54, 1.807) is 7.11 Å². The Hall–Kier alpha value is -0.650. The highest BCUT2D eigenvalue weighted by Crippen LogP contribution is 2.22. The van der Waals surface area contributed by atoms with Gasteiger partial charge in [-0.05, 0) is 19.3 Å². The lowest BCUT2D eigenvalue weighted by atomic mass is 10.0. The average molecular weight is 228 g/mol. The zero-order valence-corrected chi connectivity index (χ0v) is 9.65. The van der Waals surface area contributed by atoms with Crippen LogP contribution < -0.4 is 11.1 Å². The molecule has 0 radical (unpaired) electrons. The standard InChI is InChI=1S/C11H20N2O3/c1-15-10-4-2-3-9(10)13-11(14)7-5-16-6-8(7)12/h7-10H,2-6,12H2,1H3,(H,13,14). The van der Waals surface area contributed by atoms with E-state index in [4.69, 9.17) is 15.2 Å². The van der Waals surface area contributed by atoms with E-state index in [-0.39, 0.29) is 30.0 Å². The fourth-order valence-corrected chi connectivity index (χ4v) is 2.50. The predicted octanol–water partition coefficient (Wildman–Crippen LogP) is -0.356. The smallest absolute Gasteiger partial charge is 0.227 e. The van der Waals surface area contributed by atoms with Crippen LogP contribution in [0.2, 0.25) is 0 Å². The summed E-state index contributed by atoms with van der Waals surface area (Å²) in [4.78, 5) is 11.9. The topological polar surface area (TPSA) is 73.6 Å². The van der Waals surface area contributed by atoms with E-state index in [0.29, 0.717) is 13.2 Å². The molecule has 0 bridgehead atoms. The third kappa shape index (κ3) is 2.36. The maximum atomic E-state index is 11.9. The van der Waals surface area contributed by atoms with E-state index in [0.717, 1.165) is 19.3 Å². The van der Waals surface area contributed by atoms with E-state index >= 15 is 0 Å². The summed E-state index contributed by atoms with van der Waals surface area (Å²) >= 11 is 0. The molecule has 4 atom stereocenters. The van der Waals surface area contributed by atoms with Crippen LogP contribution in [-0.4, -0.2) is 44.4 Å². The molecule has 0 spiro atoms. The van der Waals surface area contributed by atoms with Crippen molar-refractivity contribution < 1.29 is 14.3 Å². The Bertz CT molecular complexity index is 260. The summed E-state index contributed by atoms with van der Waals surface area (Å²) in [7, 11) is 1.69. The Labute approximate surface area is 95.7 Å². The predicted molar refractivity (Wildman–Crippen MR) is 58.9 cm³/mol. The van der Waals surface area contributed by atoms with Crippen LogP contribution in [0.15, 0.2) is 0 Å². The zero-order chi connectivity index (χ0) is 11.5. The molecule has 2 fully saturated rings. The maximum absolute atomic E-state index is 11.9. The van der Waals surface area contributed by atoms with E-state index in [2.05, 4.69) is 5.32 Å². The largest absolute Gasteiger partial charge is 0.379 e. The molecule has 1 saturated heterocycles. The van der Waals surface area contributed by atoms with Crippen molar-refractivity contribution >= 4 is 5.91 Å². The number of nitrogens with two attached hydrogens (primary N) is 1. The van der Waals surface area contributed by atoms with Gasteiger partial charge in [0.2, 0.25) is 5.91 Å². The fraction of sp³-hybridized carbons (Fsp3) is 0.909. The minimum Gasteiger partial charge on any atom is -0.379 e. The second-order valence-electron chi connectivity index (χ2n) is 4.63. The Morgan fingerprint density at radius 2 is 2.25 bits per heavy atom. The van der Waals surface area contributed by atoms with Gasteiger partial charge in [0.15, 0.2) is 0 Å². The summed E-state index contributed by atoms with van der Waals surface area (Å²) in [6, 6.07) is -0.0207. The maximum Gasteiger partial charge on any atom is 0.227 e. The second kappa shape index (κ2) is 5.12. The third-order valence-electron chi connectivity index (χ3n) is 3.54. The molecule has 1 aliphatic heterocycles. The number of methoxy groups -OCH3 is 1. The van der Waals surface area contributed by atoms with E-state index in [9.17, 15) is 4.79 Å². The molecule has 92 valence electrons. The number of amides is 1. The van der Waals surface area contributed by atoms with Crippen molar-refractivity contribution in [3.63, 3.8) is 0 Å². The summed E-state index contributed by atoms with van der Waals surface area (Å²) in [5.41, 5.74) is 5.80. The summed E-state index contributed by atoms with van der Waals surface area (Å²) in [6.07, 6.45) is 3.28. The third-order valence-corrected chi connectivity index (χ3v) is 3.54.